The molecule has 0 spiro atoms. The molecular formula is C17H15N3OS. The largest absolute Gasteiger partial charge is 0.337 e. The minimum absolute atomic E-state index is 0.349. The highest BCUT2D eigenvalue weighted by Gasteiger charge is 2.14. The van der Waals surface area contributed by atoms with E-state index in [0.29, 0.717) is 5.82 Å². The summed E-state index contributed by atoms with van der Waals surface area (Å²) in [6.07, 6.45) is 1.65. The van der Waals surface area contributed by atoms with Gasteiger partial charge in [0.25, 0.3) is 0 Å². The number of aryl methyl sites for hydroxylation is 1. The molecule has 2 amide bonds. The summed E-state index contributed by atoms with van der Waals surface area (Å²) in [6, 6.07) is 17.0. The number of nitrogens with one attached hydrogen (secondary N) is 1. The van der Waals surface area contributed by atoms with Gasteiger partial charge in [-0.3, -0.25) is 0 Å². The van der Waals surface area contributed by atoms with Crippen LogP contribution in [0.2, 0.25) is 0 Å². The van der Waals surface area contributed by atoms with E-state index in [4.69, 9.17) is 0 Å². The molecule has 0 unspecified atom stereocenters. The number of rotatable bonds is 2. The molecule has 110 valence electrons. The molecule has 0 saturated heterocycles. The fourth-order valence-electron chi connectivity index (χ4n) is 2.24. The molecule has 4 nitrogen and oxygen atoms in total. The number of aromatic nitrogens is 1. The summed E-state index contributed by atoms with van der Waals surface area (Å²) in [4.78, 5) is 16.5. The van der Waals surface area contributed by atoms with Crippen LogP contribution < -0.4 is 9.62 Å². The lowest BCUT2D eigenvalue weighted by atomic mass is 10.1. The summed E-state index contributed by atoms with van der Waals surface area (Å²) in [5.74, 6) is 0.487. The van der Waals surface area contributed by atoms with Gasteiger partial charge in [-0.2, -0.15) is 0 Å². The van der Waals surface area contributed by atoms with Gasteiger partial charge in [0.05, 0.1) is 5.69 Å². The molecule has 3 aromatic rings. The van der Waals surface area contributed by atoms with Gasteiger partial charge in [-0.25, -0.2) is 14.1 Å². The third-order valence-electron chi connectivity index (χ3n) is 3.34. The van der Waals surface area contributed by atoms with Crippen LogP contribution in [0, 0.1) is 6.92 Å². The van der Waals surface area contributed by atoms with Crippen LogP contribution in [0.3, 0.4) is 0 Å². The lowest BCUT2D eigenvalue weighted by Gasteiger charge is -2.16. The van der Waals surface area contributed by atoms with E-state index in [1.165, 1.54) is 4.31 Å². The van der Waals surface area contributed by atoms with Gasteiger partial charge in [0.1, 0.15) is 5.82 Å². The monoisotopic (exact) mass is 309 g/mol. The topological polar surface area (TPSA) is 45.2 Å². The quantitative estimate of drug-likeness (QED) is 0.688. The number of hydrogen-bond acceptors (Lipinski definition) is 3. The van der Waals surface area contributed by atoms with Crippen molar-refractivity contribution in [3.05, 3.63) is 66.4 Å². The fraction of sp³-hybridized carbons (Fsp3) is 0.0588. The molecule has 5 heteroatoms. The van der Waals surface area contributed by atoms with Gasteiger partial charge in [-0.15, -0.1) is 0 Å². The minimum atomic E-state index is -0.349. The Morgan fingerprint density at radius 3 is 2.73 bits per heavy atom. The van der Waals surface area contributed by atoms with E-state index in [9.17, 15) is 4.79 Å². The zero-order valence-corrected chi connectivity index (χ0v) is 12.9. The van der Waals surface area contributed by atoms with Crippen LogP contribution in [0.25, 0.3) is 10.8 Å². The number of hydrogen-bond donors (Lipinski definition) is 2. The summed E-state index contributed by atoms with van der Waals surface area (Å²) in [6.45, 7) is 1.94. The molecule has 2 aromatic carbocycles. The molecular weight excluding hydrogens is 294 g/mol. The van der Waals surface area contributed by atoms with Crippen molar-refractivity contribution in [2.24, 2.45) is 0 Å². The highest BCUT2D eigenvalue weighted by molar-refractivity contribution is 7.82. The Morgan fingerprint density at radius 2 is 1.91 bits per heavy atom. The van der Waals surface area contributed by atoms with Crippen LogP contribution in [0.15, 0.2) is 60.8 Å². The average Bonchev–Trinajstić information content (AvgIpc) is 2.54. The molecule has 0 aliphatic carbocycles. The van der Waals surface area contributed by atoms with Gasteiger partial charge in [0, 0.05) is 11.6 Å². The first-order chi connectivity index (χ1) is 10.6. The third kappa shape index (κ3) is 2.89. The summed E-state index contributed by atoms with van der Waals surface area (Å²) in [5, 5.41) is 4.93. The van der Waals surface area contributed by atoms with Gasteiger partial charge in [-0.1, -0.05) is 49.2 Å². The maximum absolute atomic E-state index is 12.4. The Morgan fingerprint density at radius 1 is 1.14 bits per heavy atom. The maximum Gasteiger partial charge on any atom is 0.337 e. The number of nitrogens with zero attached hydrogens (tertiary/aromatic N) is 2. The van der Waals surface area contributed by atoms with Crippen LogP contribution in [0.5, 0.6) is 0 Å². The van der Waals surface area contributed by atoms with Crippen LogP contribution in [0.1, 0.15) is 5.56 Å². The van der Waals surface area contributed by atoms with Crippen molar-refractivity contribution in [1.29, 1.82) is 0 Å². The Hall–Kier alpha value is -2.53. The molecule has 0 fully saturated rings. The predicted octanol–water partition coefficient (Wildman–Crippen LogP) is 4.43. The van der Waals surface area contributed by atoms with E-state index in [0.717, 1.165) is 22.0 Å². The van der Waals surface area contributed by atoms with Gasteiger partial charge in [0.2, 0.25) is 0 Å². The van der Waals surface area contributed by atoms with E-state index < -0.39 is 0 Å². The van der Waals surface area contributed by atoms with Crippen LogP contribution >= 0.6 is 12.8 Å². The Bertz CT molecular complexity index is 830. The van der Waals surface area contributed by atoms with Crippen molar-refractivity contribution >= 4 is 41.1 Å². The summed E-state index contributed by atoms with van der Waals surface area (Å²) >= 11 is 4.25. The average molecular weight is 309 g/mol. The molecule has 3 rings (SSSR count). The fourth-order valence-corrected chi connectivity index (χ4v) is 2.40. The van der Waals surface area contributed by atoms with Crippen molar-refractivity contribution in [2.45, 2.75) is 6.92 Å². The second-order valence-electron chi connectivity index (χ2n) is 4.96. The smallest absolute Gasteiger partial charge is 0.306 e. The molecule has 0 radical (unpaired) electrons. The van der Waals surface area contributed by atoms with Crippen molar-refractivity contribution in [3.63, 3.8) is 0 Å². The Kier molecular flexibility index (Phi) is 3.98. The van der Waals surface area contributed by atoms with Crippen LogP contribution in [0.4, 0.5) is 16.3 Å². The molecule has 0 atom stereocenters. The highest BCUT2D eigenvalue weighted by Crippen LogP contribution is 2.24. The number of thiol groups is 1. The molecule has 1 N–H and O–H groups in total. The number of anilines is 2. The van der Waals surface area contributed by atoms with Gasteiger partial charge < -0.3 is 5.32 Å². The molecule has 0 aliphatic rings. The predicted molar refractivity (Wildman–Crippen MR) is 93.4 cm³/mol. The van der Waals surface area contributed by atoms with Crippen molar-refractivity contribution in [3.8, 4) is 0 Å². The third-order valence-corrected chi connectivity index (χ3v) is 3.73. The molecule has 0 aliphatic heterocycles. The second-order valence-corrected chi connectivity index (χ2v) is 5.36. The van der Waals surface area contributed by atoms with E-state index in [1.807, 2.05) is 55.5 Å². The van der Waals surface area contributed by atoms with Gasteiger partial charge in [-0.05, 0) is 36.1 Å². The lowest BCUT2D eigenvalue weighted by molar-refractivity contribution is 0.260. The van der Waals surface area contributed by atoms with Crippen molar-refractivity contribution in [2.75, 3.05) is 9.62 Å². The zero-order valence-electron chi connectivity index (χ0n) is 12.0. The number of urea groups is 1. The van der Waals surface area contributed by atoms with E-state index >= 15 is 0 Å². The number of amides is 2. The number of carbonyl (C=O) groups is 1. The SMILES string of the molecule is Cc1ccnc(N(S)C(=O)Nc2cccc3ccccc23)c1. The van der Waals surface area contributed by atoms with Crippen molar-refractivity contribution < 1.29 is 4.79 Å². The first-order valence-electron chi connectivity index (χ1n) is 6.85. The summed E-state index contributed by atoms with van der Waals surface area (Å²) < 4.78 is 1.20. The molecule has 1 aromatic heterocycles. The number of benzene rings is 2. The van der Waals surface area contributed by atoms with Crippen LogP contribution in [-0.4, -0.2) is 11.0 Å². The standard InChI is InChI=1S/C17H15N3OS/c1-12-9-10-18-16(11-12)20(22)17(21)19-15-8-4-6-13-5-2-3-7-14(13)15/h2-11,22H,1H3,(H,19,21). The Balaban J connectivity index is 1.87. The van der Waals surface area contributed by atoms with Crippen LogP contribution in [-0.2, 0) is 0 Å². The van der Waals surface area contributed by atoms with E-state index in [1.54, 1.807) is 12.3 Å². The number of fused-ring (bicyclic) bond motifs is 1. The minimum Gasteiger partial charge on any atom is -0.306 e. The van der Waals surface area contributed by atoms with E-state index in [-0.39, 0.29) is 6.03 Å². The summed E-state index contributed by atoms with van der Waals surface area (Å²) in [7, 11) is 0. The molecule has 1 heterocycles. The highest BCUT2D eigenvalue weighted by atomic mass is 32.1. The van der Waals surface area contributed by atoms with Gasteiger partial charge >= 0.3 is 6.03 Å². The zero-order chi connectivity index (χ0) is 15.5. The second kappa shape index (κ2) is 6.07. The Labute approximate surface area is 134 Å². The number of carbonyl (C=O) groups excluding carboxylic acids is 1. The van der Waals surface area contributed by atoms with Gasteiger partial charge in [0.15, 0.2) is 0 Å². The van der Waals surface area contributed by atoms with E-state index in [2.05, 4.69) is 23.1 Å². The van der Waals surface area contributed by atoms with Crippen molar-refractivity contribution in [1.82, 2.24) is 4.98 Å². The lowest BCUT2D eigenvalue weighted by Crippen LogP contribution is -2.27. The molecule has 0 bridgehead atoms. The summed E-state index contributed by atoms with van der Waals surface area (Å²) in [5.41, 5.74) is 1.76. The first kappa shape index (κ1) is 14.4. The normalized spacial score (nSPS) is 10.5. The maximum atomic E-state index is 12.4. The molecule has 0 saturated carbocycles. The molecule has 22 heavy (non-hydrogen) atoms. The first-order valence-corrected chi connectivity index (χ1v) is 7.25. The number of pyridine rings is 1.